The molecule has 0 atom stereocenters. The highest BCUT2D eigenvalue weighted by Crippen LogP contribution is 2.40. The number of hydrogen-bond donors (Lipinski definition) is 2. The molecule has 2 N–H and O–H groups in total. The Morgan fingerprint density at radius 1 is 0.829 bits per heavy atom. The van der Waals surface area contributed by atoms with Gasteiger partial charge in [0.1, 0.15) is 28.1 Å². The van der Waals surface area contributed by atoms with Gasteiger partial charge in [0.05, 0.1) is 19.6 Å². The van der Waals surface area contributed by atoms with E-state index in [1.165, 1.54) is 20.3 Å². The lowest BCUT2D eigenvalue weighted by atomic mass is 9.99. The molecular formula is C29H36O6. The minimum Gasteiger partial charge on any atom is -0.507 e. The lowest BCUT2D eigenvalue weighted by Gasteiger charge is -2.15. The number of benzene rings is 2. The summed E-state index contributed by atoms with van der Waals surface area (Å²) in [4.78, 5) is 13.8. The second-order valence-corrected chi connectivity index (χ2v) is 8.63. The van der Waals surface area contributed by atoms with Crippen LogP contribution >= 0.6 is 0 Å². The van der Waals surface area contributed by atoms with Crippen LogP contribution in [0.15, 0.2) is 45.6 Å². The summed E-state index contributed by atoms with van der Waals surface area (Å²) in [6.07, 6.45) is 15.2. The molecule has 0 aliphatic rings. The number of phenols is 2. The molecule has 188 valence electrons. The first kappa shape index (κ1) is 26.2. The maximum atomic E-state index is 13.8. The Labute approximate surface area is 206 Å². The first-order chi connectivity index (χ1) is 17.0. The molecule has 1 heterocycles. The first-order valence-electron chi connectivity index (χ1n) is 12.4. The summed E-state index contributed by atoms with van der Waals surface area (Å²) in [5.74, 6) is 0.418. The van der Waals surface area contributed by atoms with Gasteiger partial charge < -0.3 is 24.1 Å². The van der Waals surface area contributed by atoms with Gasteiger partial charge in [0.15, 0.2) is 11.5 Å². The van der Waals surface area contributed by atoms with Crippen molar-refractivity contribution in [3.05, 3.63) is 57.8 Å². The van der Waals surface area contributed by atoms with E-state index in [-0.39, 0.29) is 44.6 Å². The Morgan fingerprint density at radius 2 is 1.43 bits per heavy atom. The van der Waals surface area contributed by atoms with E-state index in [0.717, 1.165) is 38.5 Å². The van der Waals surface area contributed by atoms with Crippen molar-refractivity contribution in [2.75, 3.05) is 14.2 Å². The fourth-order valence-electron chi connectivity index (χ4n) is 4.30. The summed E-state index contributed by atoms with van der Waals surface area (Å²) in [5.41, 5.74) is 1.12. The lowest BCUT2D eigenvalue weighted by Crippen LogP contribution is -2.08. The summed E-state index contributed by atoms with van der Waals surface area (Å²) in [7, 11) is 2.98. The molecule has 0 unspecified atom stereocenters. The van der Waals surface area contributed by atoms with E-state index in [2.05, 4.69) is 26.0 Å². The summed E-state index contributed by atoms with van der Waals surface area (Å²) >= 11 is 0. The third-order valence-electron chi connectivity index (χ3n) is 6.18. The number of aromatic hydroxyl groups is 2. The maximum Gasteiger partial charge on any atom is 0.204 e. The maximum absolute atomic E-state index is 13.8. The summed E-state index contributed by atoms with van der Waals surface area (Å²) in [6.45, 7) is 4.27. The molecule has 0 bridgehead atoms. The zero-order chi connectivity index (χ0) is 25.4. The van der Waals surface area contributed by atoms with Crippen molar-refractivity contribution >= 4 is 21.9 Å². The van der Waals surface area contributed by atoms with E-state index in [0.29, 0.717) is 29.7 Å². The monoisotopic (exact) mass is 480 g/mol. The highest BCUT2D eigenvalue weighted by molar-refractivity contribution is 5.97. The molecule has 0 fully saturated rings. The van der Waals surface area contributed by atoms with Crippen LogP contribution in [0.3, 0.4) is 0 Å². The van der Waals surface area contributed by atoms with Crippen LogP contribution in [0.2, 0.25) is 0 Å². The van der Waals surface area contributed by atoms with Gasteiger partial charge in [-0.2, -0.15) is 0 Å². The van der Waals surface area contributed by atoms with Crippen LogP contribution in [0.25, 0.3) is 21.9 Å². The molecule has 0 aliphatic carbocycles. The zero-order valence-electron chi connectivity index (χ0n) is 21.1. The third kappa shape index (κ3) is 5.64. The molecule has 0 radical (unpaired) electrons. The van der Waals surface area contributed by atoms with Crippen LogP contribution in [0.1, 0.15) is 63.5 Å². The van der Waals surface area contributed by atoms with E-state index in [4.69, 9.17) is 13.9 Å². The molecule has 0 amide bonds. The average Bonchev–Trinajstić information content (AvgIpc) is 2.84. The molecule has 35 heavy (non-hydrogen) atoms. The minimum atomic E-state index is -0.368. The van der Waals surface area contributed by atoms with Crippen molar-refractivity contribution in [2.45, 2.75) is 65.2 Å². The molecule has 0 spiro atoms. The minimum absolute atomic E-state index is 0.0965. The Balaban J connectivity index is 2.22. The number of methoxy groups -OCH3 is 2. The van der Waals surface area contributed by atoms with Crippen LogP contribution < -0.4 is 14.9 Å². The standard InChI is InChI=1S/C29H36O6/c1-5-7-9-11-13-15-19-22(33-3)18-24-26(27(19)31)28(32)25-20(16-14-12-10-8-6-2)29(34-4)21(30)17-23(25)35-24/h11-14,17-18,30-31H,5-10,15-16H2,1-4H3/b13-11?,14-12+. The van der Waals surface area contributed by atoms with Crippen molar-refractivity contribution < 1.29 is 24.1 Å². The van der Waals surface area contributed by atoms with Crippen LogP contribution in [-0.2, 0) is 12.8 Å². The number of allylic oxidation sites excluding steroid dienone is 4. The van der Waals surface area contributed by atoms with Crippen molar-refractivity contribution in [3.63, 3.8) is 0 Å². The Hall–Kier alpha value is -3.41. The Morgan fingerprint density at radius 3 is 2.00 bits per heavy atom. The van der Waals surface area contributed by atoms with Crippen molar-refractivity contribution in [3.8, 4) is 23.0 Å². The lowest BCUT2D eigenvalue weighted by molar-refractivity contribution is 0.370. The van der Waals surface area contributed by atoms with Crippen molar-refractivity contribution in [1.82, 2.24) is 0 Å². The van der Waals surface area contributed by atoms with Crippen LogP contribution in [0, 0.1) is 0 Å². The highest BCUT2D eigenvalue weighted by Gasteiger charge is 2.23. The molecule has 6 nitrogen and oxygen atoms in total. The number of hydrogen-bond acceptors (Lipinski definition) is 6. The molecule has 0 saturated carbocycles. The zero-order valence-corrected chi connectivity index (χ0v) is 21.1. The number of ether oxygens (including phenoxy) is 2. The van der Waals surface area contributed by atoms with Crippen LogP contribution in [0.4, 0.5) is 0 Å². The number of fused-ring (bicyclic) bond motifs is 2. The summed E-state index contributed by atoms with van der Waals surface area (Å²) in [6, 6.07) is 3.00. The van der Waals surface area contributed by atoms with Gasteiger partial charge in [-0.3, -0.25) is 4.79 Å². The largest absolute Gasteiger partial charge is 0.507 e. The topological polar surface area (TPSA) is 89.1 Å². The van der Waals surface area contributed by atoms with Crippen molar-refractivity contribution in [2.24, 2.45) is 0 Å². The van der Waals surface area contributed by atoms with E-state index >= 15 is 0 Å². The SMILES string of the molecule is CCCCC=CCc1c(OC)cc2oc3cc(O)c(OC)c(C/C=C/CCCC)c3c(=O)c2c1O. The second kappa shape index (κ2) is 12.3. The van der Waals surface area contributed by atoms with Crippen LogP contribution in [-0.4, -0.2) is 24.4 Å². The van der Waals surface area contributed by atoms with Gasteiger partial charge in [0.2, 0.25) is 5.43 Å². The van der Waals surface area contributed by atoms with Gasteiger partial charge in [0.25, 0.3) is 0 Å². The van der Waals surface area contributed by atoms with Gasteiger partial charge >= 0.3 is 0 Å². The molecular weight excluding hydrogens is 444 g/mol. The van der Waals surface area contributed by atoms with Gasteiger partial charge in [-0.25, -0.2) is 0 Å². The van der Waals surface area contributed by atoms with E-state index in [1.807, 2.05) is 12.2 Å². The van der Waals surface area contributed by atoms with Gasteiger partial charge in [-0.1, -0.05) is 63.8 Å². The molecule has 1 aromatic heterocycles. The summed E-state index contributed by atoms with van der Waals surface area (Å²) in [5, 5.41) is 22.1. The third-order valence-corrected chi connectivity index (χ3v) is 6.18. The average molecular weight is 481 g/mol. The second-order valence-electron chi connectivity index (χ2n) is 8.63. The van der Waals surface area contributed by atoms with Gasteiger partial charge in [0, 0.05) is 23.3 Å². The Kier molecular flexibility index (Phi) is 9.24. The predicted molar refractivity (Wildman–Crippen MR) is 141 cm³/mol. The number of unbranched alkanes of at least 4 members (excludes halogenated alkanes) is 4. The fourth-order valence-corrected chi connectivity index (χ4v) is 4.30. The van der Waals surface area contributed by atoms with Crippen molar-refractivity contribution in [1.29, 1.82) is 0 Å². The molecule has 6 heteroatoms. The summed E-state index contributed by atoms with van der Waals surface area (Å²) < 4.78 is 17.0. The van der Waals surface area contributed by atoms with E-state index in [1.54, 1.807) is 6.07 Å². The first-order valence-corrected chi connectivity index (χ1v) is 12.4. The Bertz CT molecular complexity index is 1280. The van der Waals surface area contributed by atoms with Gasteiger partial charge in [-0.15, -0.1) is 0 Å². The normalized spacial score (nSPS) is 11.9. The molecule has 0 aliphatic heterocycles. The smallest absolute Gasteiger partial charge is 0.204 e. The molecule has 3 rings (SSSR count). The van der Waals surface area contributed by atoms with E-state index in [9.17, 15) is 15.0 Å². The predicted octanol–water partition coefficient (Wildman–Crippen LogP) is 6.95. The van der Waals surface area contributed by atoms with Gasteiger partial charge in [-0.05, 0) is 25.7 Å². The van der Waals surface area contributed by atoms with Crippen LogP contribution in [0.5, 0.6) is 23.0 Å². The number of phenolic OH excluding ortho intramolecular Hbond substituents is 2. The molecule has 0 saturated heterocycles. The fraction of sp³-hybridized carbons (Fsp3) is 0.414. The van der Waals surface area contributed by atoms with E-state index < -0.39 is 0 Å². The quantitative estimate of drug-likeness (QED) is 0.166. The number of rotatable bonds is 12. The molecule has 3 aromatic rings. The highest BCUT2D eigenvalue weighted by atomic mass is 16.5. The molecule has 2 aromatic carbocycles.